The Hall–Kier alpha value is -1.26. The quantitative estimate of drug-likeness (QED) is 0.879. The van der Waals surface area contributed by atoms with Crippen LogP contribution < -0.4 is 4.74 Å². The monoisotopic (exact) mass is 243 g/mol. The lowest BCUT2D eigenvalue weighted by molar-refractivity contribution is -0.142. The van der Waals surface area contributed by atoms with Gasteiger partial charge in [-0.05, 0) is 32.3 Å². The maximum Gasteiger partial charge on any atom is 0.325 e. The van der Waals surface area contributed by atoms with Crippen LogP contribution in [0.3, 0.4) is 0 Å². The number of carbonyl (C=O) groups is 1. The molecule has 1 rings (SSSR count). The van der Waals surface area contributed by atoms with Crippen molar-refractivity contribution in [3.05, 3.63) is 28.8 Å². The average molecular weight is 244 g/mol. The highest BCUT2D eigenvalue weighted by Gasteiger charge is 2.25. The van der Waals surface area contributed by atoms with Gasteiger partial charge in [-0.2, -0.15) is 0 Å². The van der Waals surface area contributed by atoms with E-state index in [4.69, 9.17) is 21.4 Å². The number of hydrogen-bond acceptors (Lipinski definition) is 3. The van der Waals surface area contributed by atoms with Crippen LogP contribution in [0.25, 0.3) is 0 Å². The Balaban J connectivity index is 3.26. The number of halogens is 1. The first-order chi connectivity index (χ1) is 7.47. The van der Waals surface area contributed by atoms with Gasteiger partial charge in [0.1, 0.15) is 11.8 Å². The van der Waals surface area contributed by atoms with Crippen molar-refractivity contribution < 1.29 is 14.6 Å². The SMILES string of the molecule is COc1ccc(Cl)cc1C(C(=O)O)N(C)C. The Morgan fingerprint density at radius 3 is 2.56 bits per heavy atom. The predicted octanol–water partition coefficient (Wildman–Crippen LogP) is 2.04. The van der Waals surface area contributed by atoms with Gasteiger partial charge in [0.2, 0.25) is 0 Å². The zero-order chi connectivity index (χ0) is 12.3. The summed E-state index contributed by atoms with van der Waals surface area (Å²) in [5, 5.41) is 9.66. The fraction of sp³-hybridized carbons (Fsp3) is 0.364. The van der Waals surface area contributed by atoms with Crippen molar-refractivity contribution in [3.8, 4) is 5.75 Å². The summed E-state index contributed by atoms with van der Waals surface area (Å²) < 4.78 is 5.13. The van der Waals surface area contributed by atoms with Crippen molar-refractivity contribution in [3.63, 3.8) is 0 Å². The van der Waals surface area contributed by atoms with Gasteiger partial charge in [0.05, 0.1) is 7.11 Å². The van der Waals surface area contributed by atoms with Crippen LogP contribution >= 0.6 is 11.6 Å². The van der Waals surface area contributed by atoms with Crippen LogP contribution in [-0.4, -0.2) is 37.2 Å². The van der Waals surface area contributed by atoms with E-state index in [1.165, 1.54) is 7.11 Å². The van der Waals surface area contributed by atoms with Crippen LogP contribution in [0.1, 0.15) is 11.6 Å². The number of methoxy groups -OCH3 is 1. The lowest BCUT2D eigenvalue weighted by Gasteiger charge is -2.22. The van der Waals surface area contributed by atoms with Crippen molar-refractivity contribution >= 4 is 17.6 Å². The Bertz CT molecular complexity index is 393. The first-order valence-electron chi connectivity index (χ1n) is 4.70. The number of likely N-dealkylation sites (N-methyl/N-ethyl adjacent to an activating group) is 1. The molecule has 0 aliphatic rings. The van der Waals surface area contributed by atoms with E-state index in [0.717, 1.165) is 0 Å². The minimum Gasteiger partial charge on any atom is -0.496 e. The van der Waals surface area contributed by atoms with Gasteiger partial charge in [0, 0.05) is 10.6 Å². The molecule has 0 aliphatic heterocycles. The molecule has 0 aliphatic carbocycles. The molecule has 1 aromatic rings. The first-order valence-corrected chi connectivity index (χ1v) is 5.08. The summed E-state index contributed by atoms with van der Waals surface area (Å²) in [6, 6.07) is 4.17. The zero-order valence-corrected chi connectivity index (χ0v) is 10.2. The highest BCUT2D eigenvalue weighted by molar-refractivity contribution is 6.30. The second kappa shape index (κ2) is 5.18. The zero-order valence-electron chi connectivity index (χ0n) is 9.40. The van der Waals surface area contributed by atoms with E-state index in [-0.39, 0.29) is 0 Å². The molecule has 1 unspecified atom stereocenters. The molecule has 0 amide bonds. The third-order valence-corrected chi connectivity index (χ3v) is 2.47. The summed E-state index contributed by atoms with van der Waals surface area (Å²) in [4.78, 5) is 12.8. The van der Waals surface area contributed by atoms with Crippen molar-refractivity contribution in [1.29, 1.82) is 0 Å². The summed E-state index contributed by atoms with van der Waals surface area (Å²) in [7, 11) is 4.89. The van der Waals surface area contributed by atoms with E-state index in [9.17, 15) is 4.79 Å². The third-order valence-electron chi connectivity index (χ3n) is 2.24. The molecule has 0 saturated carbocycles. The molecule has 0 spiro atoms. The molecule has 1 atom stereocenters. The van der Waals surface area contributed by atoms with E-state index < -0.39 is 12.0 Å². The summed E-state index contributed by atoms with van der Waals surface area (Å²) in [5.74, 6) is -0.420. The summed E-state index contributed by atoms with van der Waals surface area (Å²) in [6.45, 7) is 0. The molecular formula is C11H14ClNO3. The summed E-state index contributed by atoms with van der Waals surface area (Å²) >= 11 is 5.86. The Labute approximate surface area is 99.4 Å². The normalized spacial score (nSPS) is 12.6. The number of benzene rings is 1. The van der Waals surface area contributed by atoms with Crippen molar-refractivity contribution in [2.45, 2.75) is 6.04 Å². The first kappa shape index (κ1) is 12.8. The van der Waals surface area contributed by atoms with Crippen LogP contribution in [-0.2, 0) is 4.79 Å². The molecule has 88 valence electrons. The van der Waals surface area contributed by atoms with Crippen molar-refractivity contribution in [1.82, 2.24) is 4.90 Å². The number of nitrogens with zero attached hydrogens (tertiary/aromatic N) is 1. The number of rotatable bonds is 4. The smallest absolute Gasteiger partial charge is 0.325 e. The fourth-order valence-corrected chi connectivity index (χ4v) is 1.73. The average Bonchev–Trinajstić information content (AvgIpc) is 2.17. The molecule has 5 heteroatoms. The van der Waals surface area contributed by atoms with Crippen molar-refractivity contribution in [2.75, 3.05) is 21.2 Å². The van der Waals surface area contributed by atoms with E-state index in [2.05, 4.69) is 0 Å². The van der Waals surface area contributed by atoms with Crippen molar-refractivity contribution in [2.24, 2.45) is 0 Å². The highest BCUT2D eigenvalue weighted by Crippen LogP contribution is 2.30. The number of carboxylic acid groups (broad SMARTS) is 1. The second-order valence-electron chi connectivity index (χ2n) is 3.59. The minimum atomic E-state index is -0.939. The Morgan fingerprint density at radius 1 is 1.50 bits per heavy atom. The lowest BCUT2D eigenvalue weighted by atomic mass is 10.1. The van der Waals surface area contributed by atoms with Crippen LogP contribution in [0, 0.1) is 0 Å². The topological polar surface area (TPSA) is 49.8 Å². The number of hydrogen-bond donors (Lipinski definition) is 1. The van der Waals surface area contributed by atoms with E-state index >= 15 is 0 Å². The molecule has 0 bridgehead atoms. The van der Waals surface area contributed by atoms with Crippen LogP contribution in [0.15, 0.2) is 18.2 Å². The number of ether oxygens (including phenoxy) is 1. The molecule has 4 nitrogen and oxygen atoms in total. The van der Waals surface area contributed by atoms with Crippen LogP contribution in [0.2, 0.25) is 5.02 Å². The van der Waals surface area contributed by atoms with Gasteiger partial charge in [-0.3, -0.25) is 9.69 Å². The summed E-state index contributed by atoms with van der Waals surface area (Å²) in [6.07, 6.45) is 0. The Morgan fingerprint density at radius 2 is 2.12 bits per heavy atom. The molecule has 0 aromatic heterocycles. The molecule has 1 N–H and O–H groups in total. The predicted molar refractivity (Wildman–Crippen MR) is 62.1 cm³/mol. The molecule has 16 heavy (non-hydrogen) atoms. The molecular weight excluding hydrogens is 230 g/mol. The third kappa shape index (κ3) is 2.65. The van der Waals surface area contributed by atoms with Gasteiger partial charge >= 0.3 is 5.97 Å². The number of carboxylic acids is 1. The van der Waals surface area contributed by atoms with Gasteiger partial charge in [-0.15, -0.1) is 0 Å². The van der Waals surface area contributed by atoms with E-state index in [1.807, 2.05) is 0 Å². The summed E-state index contributed by atoms with van der Waals surface area (Å²) in [5.41, 5.74) is 0.549. The van der Waals surface area contributed by atoms with Gasteiger partial charge in [0.15, 0.2) is 0 Å². The highest BCUT2D eigenvalue weighted by atomic mass is 35.5. The van der Waals surface area contributed by atoms with Gasteiger partial charge in [-0.25, -0.2) is 0 Å². The van der Waals surface area contributed by atoms with Crippen LogP contribution in [0.5, 0.6) is 5.75 Å². The lowest BCUT2D eigenvalue weighted by Crippen LogP contribution is -2.27. The van der Waals surface area contributed by atoms with Gasteiger partial charge in [-0.1, -0.05) is 11.6 Å². The van der Waals surface area contributed by atoms with Gasteiger partial charge < -0.3 is 9.84 Å². The maximum absolute atomic E-state index is 11.2. The minimum absolute atomic E-state index is 0.490. The van der Waals surface area contributed by atoms with E-state index in [0.29, 0.717) is 16.3 Å². The number of aliphatic carboxylic acids is 1. The molecule has 0 fully saturated rings. The van der Waals surface area contributed by atoms with Crippen LogP contribution in [0.4, 0.5) is 0 Å². The second-order valence-corrected chi connectivity index (χ2v) is 4.03. The molecule has 0 saturated heterocycles. The fourth-order valence-electron chi connectivity index (χ4n) is 1.55. The molecule has 0 radical (unpaired) electrons. The van der Waals surface area contributed by atoms with E-state index in [1.54, 1.807) is 37.2 Å². The standard InChI is InChI=1S/C11H14ClNO3/c1-13(2)10(11(14)15)8-6-7(12)4-5-9(8)16-3/h4-6,10H,1-3H3,(H,14,15). The molecule has 0 heterocycles. The molecule has 1 aromatic carbocycles. The Kier molecular flexibility index (Phi) is 4.15. The van der Waals surface area contributed by atoms with Gasteiger partial charge in [0.25, 0.3) is 0 Å². The maximum atomic E-state index is 11.2. The largest absolute Gasteiger partial charge is 0.496 e.